The number of morpholine rings is 1. The number of nitrogens with zero attached hydrogens (tertiary/aromatic N) is 3. The van der Waals surface area contributed by atoms with E-state index in [0.717, 1.165) is 56.5 Å². The smallest absolute Gasteiger partial charge is 0.229 e. The Morgan fingerprint density at radius 2 is 2.04 bits per heavy atom. The number of benzene rings is 1. The van der Waals surface area contributed by atoms with Crippen molar-refractivity contribution in [3.8, 4) is 5.75 Å². The highest BCUT2D eigenvalue weighted by molar-refractivity contribution is 5.92. The Kier molecular flexibility index (Phi) is 7.45. The maximum atomic E-state index is 12.5. The molecular weight excluding hydrogens is 356 g/mol. The molecular formula is C21H30N4O3. The second kappa shape index (κ2) is 10.2. The van der Waals surface area contributed by atoms with Gasteiger partial charge in [0.25, 0.3) is 0 Å². The van der Waals surface area contributed by atoms with Crippen molar-refractivity contribution in [3.63, 3.8) is 0 Å². The van der Waals surface area contributed by atoms with Crippen LogP contribution in [0.4, 0.5) is 5.69 Å². The summed E-state index contributed by atoms with van der Waals surface area (Å²) in [5.41, 5.74) is 0.777. The molecule has 7 nitrogen and oxygen atoms in total. The minimum Gasteiger partial charge on any atom is -0.492 e. The summed E-state index contributed by atoms with van der Waals surface area (Å²) in [5.74, 6) is 1.66. The van der Waals surface area contributed by atoms with E-state index < -0.39 is 0 Å². The molecule has 28 heavy (non-hydrogen) atoms. The minimum absolute atomic E-state index is 0.00302. The van der Waals surface area contributed by atoms with Gasteiger partial charge < -0.3 is 19.4 Å². The lowest BCUT2D eigenvalue weighted by atomic mass is 10.1. The van der Waals surface area contributed by atoms with Gasteiger partial charge in [-0.1, -0.05) is 13.8 Å². The number of aryl methyl sites for hydroxylation is 1. The van der Waals surface area contributed by atoms with Crippen LogP contribution >= 0.6 is 0 Å². The zero-order chi connectivity index (χ0) is 19.8. The quantitative estimate of drug-likeness (QED) is 0.717. The van der Waals surface area contributed by atoms with Crippen LogP contribution in [0.1, 0.15) is 19.7 Å². The summed E-state index contributed by atoms with van der Waals surface area (Å²) in [4.78, 5) is 19.1. The fourth-order valence-electron chi connectivity index (χ4n) is 3.22. The number of nitrogens with one attached hydrogen (secondary N) is 1. The van der Waals surface area contributed by atoms with Crippen LogP contribution in [-0.2, 0) is 22.5 Å². The van der Waals surface area contributed by atoms with Gasteiger partial charge in [-0.15, -0.1) is 0 Å². The lowest BCUT2D eigenvalue weighted by Gasteiger charge is -2.26. The summed E-state index contributed by atoms with van der Waals surface area (Å²) >= 11 is 0. The Bertz CT molecular complexity index is 738. The first-order valence-corrected chi connectivity index (χ1v) is 9.99. The molecule has 7 heteroatoms. The lowest BCUT2D eigenvalue weighted by Crippen LogP contribution is -2.38. The van der Waals surface area contributed by atoms with Crippen LogP contribution in [-0.4, -0.2) is 59.8 Å². The number of amides is 1. The molecule has 2 heterocycles. The molecule has 0 radical (unpaired) electrons. The molecule has 1 amide bonds. The van der Waals surface area contributed by atoms with Gasteiger partial charge in [-0.2, -0.15) is 0 Å². The monoisotopic (exact) mass is 386 g/mol. The number of aromatic nitrogens is 2. The van der Waals surface area contributed by atoms with Crippen LogP contribution < -0.4 is 10.1 Å². The second-order valence-corrected chi connectivity index (χ2v) is 7.07. The van der Waals surface area contributed by atoms with Gasteiger partial charge >= 0.3 is 0 Å². The number of ether oxygens (including phenoxy) is 2. The molecule has 1 aliphatic heterocycles. The van der Waals surface area contributed by atoms with E-state index in [1.54, 1.807) is 6.20 Å². The zero-order valence-corrected chi connectivity index (χ0v) is 16.8. The van der Waals surface area contributed by atoms with Gasteiger partial charge in [-0.3, -0.25) is 9.69 Å². The molecule has 0 spiro atoms. The first-order chi connectivity index (χ1) is 13.7. The van der Waals surface area contributed by atoms with Crippen molar-refractivity contribution >= 4 is 11.6 Å². The van der Waals surface area contributed by atoms with Gasteiger partial charge in [0.15, 0.2) is 0 Å². The first kappa shape index (κ1) is 20.4. The second-order valence-electron chi connectivity index (χ2n) is 7.07. The van der Waals surface area contributed by atoms with E-state index in [-0.39, 0.29) is 11.8 Å². The van der Waals surface area contributed by atoms with Crippen molar-refractivity contribution < 1.29 is 14.3 Å². The number of rotatable bonds is 9. The van der Waals surface area contributed by atoms with Crippen molar-refractivity contribution in [1.29, 1.82) is 0 Å². The van der Waals surface area contributed by atoms with Crippen LogP contribution in [0.3, 0.4) is 0 Å². The van der Waals surface area contributed by atoms with Crippen LogP contribution in [0.25, 0.3) is 0 Å². The molecule has 1 atom stereocenters. The molecule has 3 rings (SSSR count). The Balaban J connectivity index is 1.43. The Morgan fingerprint density at radius 1 is 1.29 bits per heavy atom. The maximum Gasteiger partial charge on any atom is 0.229 e. The Labute approximate surface area is 166 Å². The van der Waals surface area contributed by atoms with Crippen molar-refractivity contribution in [3.05, 3.63) is 42.5 Å². The third kappa shape index (κ3) is 5.81. The van der Waals surface area contributed by atoms with Gasteiger partial charge in [-0.05, 0) is 24.3 Å². The van der Waals surface area contributed by atoms with E-state index in [0.29, 0.717) is 13.2 Å². The molecule has 2 aromatic rings. The fraction of sp³-hybridized carbons (Fsp3) is 0.524. The lowest BCUT2D eigenvalue weighted by molar-refractivity contribution is -0.119. The molecule has 1 unspecified atom stereocenters. The number of hydrogen-bond acceptors (Lipinski definition) is 5. The van der Waals surface area contributed by atoms with Gasteiger partial charge in [0, 0.05) is 50.7 Å². The van der Waals surface area contributed by atoms with E-state index in [1.165, 1.54) is 0 Å². The van der Waals surface area contributed by atoms with Crippen LogP contribution in [0.5, 0.6) is 5.75 Å². The molecule has 1 saturated heterocycles. The minimum atomic E-state index is -0.149. The predicted molar refractivity (Wildman–Crippen MR) is 109 cm³/mol. The van der Waals surface area contributed by atoms with E-state index in [2.05, 4.69) is 22.1 Å². The number of carbonyl (C=O) groups excluding carboxylic acids is 1. The summed E-state index contributed by atoms with van der Waals surface area (Å²) in [6.07, 6.45) is 4.56. The highest BCUT2D eigenvalue weighted by atomic mass is 16.5. The number of imidazole rings is 1. The predicted octanol–water partition coefficient (Wildman–Crippen LogP) is 2.43. The third-order valence-electron chi connectivity index (χ3n) is 4.94. The van der Waals surface area contributed by atoms with Crippen LogP contribution in [0, 0.1) is 5.92 Å². The molecule has 1 aromatic heterocycles. The average molecular weight is 386 g/mol. The highest BCUT2D eigenvalue weighted by Crippen LogP contribution is 2.17. The van der Waals surface area contributed by atoms with E-state index in [1.807, 2.05) is 42.0 Å². The summed E-state index contributed by atoms with van der Waals surface area (Å²) < 4.78 is 13.2. The van der Waals surface area contributed by atoms with Crippen molar-refractivity contribution in [1.82, 2.24) is 14.5 Å². The van der Waals surface area contributed by atoms with Gasteiger partial charge in [0.05, 0.1) is 19.1 Å². The Hall–Kier alpha value is -2.38. The highest BCUT2D eigenvalue weighted by Gasteiger charge is 2.15. The molecule has 0 saturated carbocycles. The number of hydrogen-bond donors (Lipinski definition) is 1. The van der Waals surface area contributed by atoms with Crippen molar-refractivity contribution in [2.75, 3.05) is 44.8 Å². The number of anilines is 1. The van der Waals surface area contributed by atoms with E-state index in [9.17, 15) is 4.79 Å². The topological polar surface area (TPSA) is 68.6 Å². The van der Waals surface area contributed by atoms with Crippen LogP contribution in [0.15, 0.2) is 36.7 Å². The molecule has 1 aromatic carbocycles. The summed E-state index contributed by atoms with van der Waals surface area (Å²) in [7, 11) is 0. The number of carbonyl (C=O) groups is 1. The summed E-state index contributed by atoms with van der Waals surface area (Å²) in [6.45, 7) is 9.68. The SMILES string of the molecule is CCc1nccn1CC(C)C(=O)Nc1ccc(OCCN2CCOCC2)cc1. The van der Waals surface area contributed by atoms with E-state index in [4.69, 9.17) is 9.47 Å². The molecule has 0 aliphatic carbocycles. The third-order valence-corrected chi connectivity index (χ3v) is 4.94. The van der Waals surface area contributed by atoms with Crippen molar-refractivity contribution in [2.24, 2.45) is 5.92 Å². The normalized spacial score (nSPS) is 15.9. The fourth-order valence-corrected chi connectivity index (χ4v) is 3.22. The summed E-state index contributed by atoms with van der Waals surface area (Å²) in [5, 5.41) is 2.98. The van der Waals surface area contributed by atoms with Crippen LogP contribution in [0.2, 0.25) is 0 Å². The van der Waals surface area contributed by atoms with Gasteiger partial charge in [0.1, 0.15) is 18.2 Å². The average Bonchev–Trinajstić information content (AvgIpc) is 3.17. The van der Waals surface area contributed by atoms with Gasteiger partial charge in [-0.25, -0.2) is 4.98 Å². The zero-order valence-electron chi connectivity index (χ0n) is 16.8. The summed E-state index contributed by atoms with van der Waals surface area (Å²) in [6, 6.07) is 7.54. The molecule has 1 N–H and O–H groups in total. The molecule has 1 aliphatic rings. The molecule has 0 bridgehead atoms. The molecule has 1 fully saturated rings. The Morgan fingerprint density at radius 3 is 2.75 bits per heavy atom. The first-order valence-electron chi connectivity index (χ1n) is 9.99. The van der Waals surface area contributed by atoms with Gasteiger partial charge in [0.2, 0.25) is 5.91 Å². The maximum absolute atomic E-state index is 12.5. The van der Waals surface area contributed by atoms with E-state index >= 15 is 0 Å². The standard InChI is InChI=1S/C21H30N4O3/c1-3-20-22-8-9-25(20)16-17(2)21(26)23-18-4-6-19(7-5-18)28-15-12-24-10-13-27-14-11-24/h4-9,17H,3,10-16H2,1-2H3,(H,23,26). The largest absolute Gasteiger partial charge is 0.492 e. The van der Waals surface area contributed by atoms with Crippen molar-refractivity contribution in [2.45, 2.75) is 26.8 Å². The molecule has 152 valence electrons.